The lowest BCUT2D eigenvalue weighted by molar-refractivity contribution is -0.181. The van der Waals surface area contributed by atoms with E-state index in [1.807, 2.05) is 0 Å². The van der Waals surface area contributed by atoms with Gasteiger partial charge in [-0.1, -0.05) is 13.8 Å². The molecule has 0 fully saturated rings. The van der Waals surface area contributed by atoms with Crippen molar-refractivity contribution in [2.45, 2.75) is 45.3 Å². The van der Waals surface area contributed by atoms with Gasteiger partial charge < -0.3 is 5.11 Å². The van der Waals surface area contributed by atoms with Crippen molar-refractivity contribution in [2.75, 3.05) is 0 Å². The van der Waals surface area contributed by atoms with Gasteiger partial charge in [0.1, 0.15) is 0 Å². The third-order valence-electron chi connectivity index (χ3n) is 2.68. The van der Waals surface area contributed by atoms with E-state index in [-0.39, 0.29) is 23.8 Å². The number of halogens is 3. The number of alkyl halides is 3. The minimum Gasteiger partial charge on any atom is -0.481 e. The van der Waals surface area contributed by atoms with E-state index in [1.165, 1.54) is 0 Å². The molecule has 0 aliphatic carbocycles. The molecule has 0 aliphatic rings. The highest BCUT2D eigenvalue weighted by atomic mass is 19.4. The maximum absolute atomic E-state index is 12.2. The molecular weight excluding hydrogens is 267 g/mol. The summed E-state index contributed by atoms with van der Waals surface area (Å²) < 4.78 is 36.5. The van der Waals surface area contributed by atoms with E-state index in [9.17, 15) is 28.0 Å². The second kappa shape index (κ2) is 7.32. The van der Waals surface area contributed by atoms with Gasteiger partial charge in [0, 0.05) is 6.42 Å². The molecule has 0 rings (SSSR count). The molecule has 0 saturated carbocycles. The van der Waals surface area contributed by atoms with Gasteiger partial charge in [0.15, 0.2) is 0 Å². The van der Waals surface area contributed by atoms with Crippen LogP contribution in [0.2, 0.25) is 0 Å². The topological polar surface area (TPSA) is 77.8 Å². The molecule has 5 nitrogen and oxygen atoms in total. The fourth-order valence-electron chi connectivity index (χ4n) is 1.84. The zero-order valence-corrected chi connectivity index (χ0v) is 10.7. The number of hydrogen-bond acceptors (Lipinski definition) is 3. The monoisotopic (exact) mass is 285 g/mol. The van der Waals surface area contributed by atoms with Crippen molar-refractivity contribution in [1.82, 2.24) is 5.06 Å². The lowest BCUT2D eigenvalue weighted by Gasteiger charge is -2.29. The lowest BCUT2D eigenvalue weighted by atomic mass is 9.87. The summed E-state index contributed by atoms with van der Waals surface area (Å²) in [5.74, 6) is -2.66. The Balaban J connectivity index is 4.96. The average molecular weight is 285 g/mol. The Hall–Kier alpha value is -1.31. The third-order valence-corrected chi connectivity index (χ3v) is 2.68. The fraction of sp³-hybridized carbons (Fsp3) is 0.818. The number of carboxylic acid groups (broad SMARTS) is 1. The number of nitrogens with zero attached hydrogens (tertiary/aromatic N) is 1. The van der Waals surface area contributed by atoms with Crippen LogP contribution in [-0.2, 0) is 9.59 Å². The lowest BCUT2D eigenvalue weighted by Crippen LogP contribution is -2.42. The average Bonchev–Trinajstić information content (AvgIpc) is 2.25. The Morgan fingerprint density at radius 2 is 1.89 bits per heavy atom. The molecule has 0 aromatic heterocycles. The summed E-state index contributed by atoms with van der Waals surface area (Å²) in [6, 6.07) is -1.39. The van der Waals surface area contributed by atoms with Crippen molar-refractivity contribution in [1.29, 1.82) is 0 Å². The molecule has 0 heterocycles. The van der Waals surface area contributed by atoms with E-state index < -0.39 is 36.9 Å². The predicted molar refractivity (Wildman–Crippen MR) is 59.3 cm³/mol. The normalized spacial score (nSPS) is 15.1. The summed E-state index contributed by atoms with van der Waals surface area (Å²) in [5.41, 5.74) is 0. The van der Waals surface area contributed by atoms with Gasteiger partial charge in [-0.05, 0) is 18.8 Å². The second-order valence-electron chi connectivity index (χ2n) is 4.78. The first-order valence-electron chi connectivity index (χ1n) is 5.80. The summed E-state index contributed by atoms with van der Waals surface area (Å²) in [4.78, 5) is 21.6. The van der Waals surface area contributed by atoms with Gasteiger partial charge in [0.05, 0.1) is 12.0 Å². The molecule has 112 valence electrons. The Labute approximate surface area is 109 Å². The number of rotatable bonds is 8. The number of aliphatic carboxylic acids is 1. The zero-order chi connectivity index (χ0) is 15.2. The van der Waals surface area contributed by atoms with Crippen molar-refractivity contribution in [2.24, 2.45) is 11.8 Å². The van der Waals surface area contributed by atoms with Gasteiger partial charge >= 0.3 is 12.1 Å². The van der Waals surface area contributed by atoms with Crippen LogP contribution < -0.4 is 0 Å². The van der Waals surface area contributed by atoms with Crippen molar-refractivity contribution in [3.8, 4) is 0 Å². The molecule has 2 atom stereocenters. The molecule has 0 saturated heterocycles. The zero-order valence-electron chi connectivity index (χ0n) is 10.7. The third kappa shape index (κ3) is 7.00. The summed E-state index contributed by atoms with van der Waals surface area (Å²) >= 11 is 0. The molecule has 2 unspecified atom stereocenters. The van der Waals surface area contributed by atoms with Gasteiger partial charge in [0.25, 0.3) is 0 Å². The Kier molecular flexibility index (Phi) is 6.82. The van der Waals surface area contributed by atoms with Crippen LogP contribution in [0, 0.1) is 11.8 Å². The first-order valence-corrected chi connectivity index (χ1v) is 5.80. The van der Waals surface area contributed by atoms with E-state index >= 15 is 0 Å². The molecule has 0 bridgehead atoms. The molecule has 0 spiro atoms. The van der Waals surface area contributed by atoms with Crippen LogP contribution in [-0.4, -0.2) is 40.0 Å². The number of carboxylic acids is 1. The van der Waals surface area contributed by atoms with Gasteiger partial charge in [0.2, 0.25) is 6.41 Å². The van der Waals surface area contributed by atoms with Crippen molar-refractivity contribution in [3.63, 3.8) is 0 Å². The van der Waals surface area contributed by atoms with Gasteiger partial charge in [-0.15, -0.1) is 0 Å². The molecule has 0 radical (unpaired) electrons. The van der Waals surface area contributed by atoms with Gasteiger partial charge in [-0.25, -0.2) is 5.06 Å². The predicted octanol–water partition coefficient (Wildman–Crippen LogP) is 2.29. The Morgan fingerprint density at radius 3 is 2.21 bits per heavy atom. The number of amides is 1. The second-order valence-corrected chi connectivity index (χ2v) is 4.78. The molecule has 0 aromatic rings. The van der Waals surface area contributed by atoms with Crippen LogP contribution in [0.15, 0.2) is 0 Å². The Bertz CT molecular complexity index is 307. The van der Waals surface area contributed by atoms with Crippen molar-refractivity contribution >= 4 is 12.4 Å². The van der Waals surface area contributed by atoms with Gasteiger partial charge in [-0.3, -0.25) is 14.8 Å². The van der Waals surface area contributed by atoms with Crippen LogP contribution in [0.3, 0.4) is 0 Å². The molecule has 8 heteroatoms. The first kappa shape index (κ1) is 17.7. The van der Waals surface area contributed by atoms with E-state index in [0.29, 0.717) is 0 Å². The number of carbonyl (C=O) groups excluding carboxylic acids is 1. The largest absolute Gasteiger partial charge is 0.481 e. The summed E-state index contributed by atoms with van der Waals surface area (Å²) in [5, 5.41) is 18.3. The quantitative estimate of drug-likeness (QED) is 0.407. The fourth-order valence-corrected chi connectivity index (χ4v) is 1.84. The molecule has 2 N–H and O–H groups in total. The minimum atomic E-state index is -4.47. The Morgan fingerprint density at radius 1 is 1.37 bits per heavy atom. The summed E-state index contributed by atoms with van der Waals surface area (Å²) in [7, 11) is 0. The smallest absolute Gasteiger partial charge is 0.389 e. The first-order chi connectivity index (χ1) is 8.58. The van der Waals surface area contributed by atoms with Crippen LogP contribution in [0.25, 0.3) is 0 Å². The van der Waals surface area contributed by atoms with E-state index in [4.69, 9.17) is 5.11 Å². The van der Waals surface area contributed by atoms with Crippen molar-refractivity contribution < 1.29 is 33.1 Å². The molecule has 1 amide bonds. The highest BCUT2D eigenvalue weighted by Gasteiger charge is 2.36. The van der Waals surface area contributed by atoms with Crippen LogP contribution in [0.1, 0.15) is 33.1 Å². The highest BCUT2D eigenvalue weighted by molar-refractivity contribution is 5.71. The standard InChI is InChI=1S/C11H18F3NO4/c1-7(2)5-8(10(17)18)9(15(19)6-16)3-4-11(12,13)14/h6-9,19H,3-5H2,1-2H3,(H,17,18). The van der Waals surface area contributed by atoms with Crippen LogP contribution in [0.4, 0.5) is 13.2 Å². The minimum absolute atomic E-state index is 0.0207. The van der Waals surface area contributed by atoms with Crippen molar-refractivity contribution in [3.05, 3.63) is 0 Å². The van der Waals surface area contributed by atoms with Gasteiger partial charge in [-0.2, -0.15) is 13.2 Å². The molecular formula is C11H18F3NO4. The van der Waals surface area contributed by atoms with Crippen LogP contribution >= 0.6 is 0 Å². The maximum Gasteiger partial charge on any atom is 0.389 e. The number of hydrogen-bond donors (Lipinski definition) is 2. The van der Waals surface area contributed by atoms with E-state index in [0.717, 1.165) is 0 Å². The van der Waals surface area contributed by atoms with E-state index in [1.54, 1.807) is 13.8 Å². The maximum atomic E-state index is 12.2. The van der Waals surface area contributed by atoms with Crippen LogP contribution in [0.5, 0.6) is 0 Å². The summed E-state index contributed by atoms with van der Waals surface area (Å²) in [6.07, 6.45) is -6.38. The molecule has 0 aliphatic heterocycles. The summed E-state index contributed by atoms with van der Waals surface area (Å²) in [6.45, 7) is 3.42. The number of carbonyl (C=O) groups is 2. The molecule has 0 aromatic carbocycles. The SMILES string of the molecule is CC(C)CC(C(=O)O)C(CCC(F)(F)F)N(O)C=O. The highest BCUT2D eigenvalue weighted by Crippen LogP contribution is 2.28. The molecule has 19 heavy (non-hydrogen) atoms. The number of hydroxylamine groups is 2. The van der Waals surface area contributed by atoms with E-state index in [2.05, 4.69) is 0 Å².